The minimum Gasteiger partial charge on any atom is -0.395 e. The number of rotatable bonds is 31. The van der Waals surface area contributed by atoms with Crippen molar-refractivity contribution < 1.29 is 64.8 Å². The third-order valence-electron chi connectivity index (χ3n) is 15.3. The van der Waals surface area contributed by atoms with Crippen molar-refractivity contribution in [3.8, 4) is 0 Å². The first-order valence-electron chi connectivity index (χ1n) is 31.3. The lowest BCUT2D eigenvalue weighted by atomic mass is 10.1. The molecule has 7 aromatic rings. The van der Waals surface area contributed by atoms with Gasteiger partial charge in [-0.15, -0.1) is 20.5 Å². The smallest absolute Gasteiger partial charge is 0.296 e. The number of ether oxygens (including phenoxy) is 2. The number of benzene rings is 4. The molecule has 2 amide bonds. The maximum Gasteiger partial charge on any atom is 0.296 e. The van der Waals surface area contributed by atoms with Crippen molar-refractivity contribution in [3.05, 3.63) is 106 Å². The molecule has 5 heterocycles. The molecule has 0 atom stereocenters. The first kappa shape index (κ1) is 73.6. The standard InChI is InChI=1S/C63H74N18O14S4/c1-7-77(8-2)41-19-21-45(73-75-62-68-55(79-25-31-94-32-26-79)51(96-62)37-43(39(5)84)57(86)64-47-15-11-13-17-53(47)98(88,89)90)49(35-41)66-59-70-60(72-61(71-59)81(23-29-82)24-30-83)67-50-36-42(78(9-3)10-4)20-22-46(50)74-76-63-69-56(80-27-33-95-34-28-80)52(97-63)38-44(40(6)85)58(87)65-48-16-12-14-18-54(48)99(91,92)93/h11-22,35-38,82-83H,7-10,23-34H2,1-6H3,(H,64,86)(H,65,87)(H,88,89,90)(H,91,92,93)(H2,66,67,70,71,72)/b43-37-,44-38+,75-73?,76-74?. The van der Waals surface area contributed by atoms with Gasteiger partial charge in [-0.1, -0.05) is 46.9 Å². The van der Waals surface area contributed by atoms with E-state index in [0.29, 0.717) is 112 Å². The van der Waals surface area contributed by atoms with Crippen molar-refractivity contribution in [3.63, 3.8) is 0 Å². The Labute approximate surface area is 578 Å². The van der Waals surface area contributed by atoms with Gasteiger partial charge in [-0.3, -0.25) is 28.3 Å². The van der Waals surface area contributed by atoms with Crippen molar-refractivity contribution in [2.24, 2.45) is 20.5 Å². The van der Waals surface area contributed by atoms with Crippen LogP contribution < -0.4 is 45.8 Å². The lowest BCUT2D eigenvalue weighted by Gasteiger charge is -2.27. The van der Waals surface area contributed by atoms with E-state index in [1.807, 2.05) is 61.8 Å². The fraction of sp³-hybridized carbons (Fsp3) is 0.349. The van der Waals surface area contributed by atoms with Gasteiger partial charge in [0.15, 0.2) is 11.6 Å². The van der Waals surface area contributed by atoms with E-state index in [-0.39, 0.29) is 88.3 Å². The number of thiazole rings is 2. The van der Waals surface area contributed by atoms with Gasteiger partial charge < -0.3 is 65.5 Å². The first-order valence-corrected chi connectivity index (χ1v) is 35.8. The summed E-state index contributed by atoms with van der Waals surface area (Å²) in [5.41, 5.74) is 1.66. The molecule has 2 saturated heterocycles. The van der Waals surface area contributed by atoms with E-state index in [4.69, 9.17) is 44.6 Å². The average Bonchev–Trinajstić information content (AvgIpc) is 1.76. The number of nitrogens with one attached hydrogen (secondary N) is 4. The van der Waals surface area contributed by atoms with E-state index in [1.54, 1.807) is 17.0 Å². The lowest BCUT2D eigenvalue weighted by molar-refractivity contribution is -0.120. The molecule has 0 unspecified atom stereocenters. The fourth-order valence-electron chi connectivity index (χ4n) is 10.4. The summed E-state index contributed by atoms with van der Waals surface area (Å²) in [7, 11) is -9.53. The van der Waals surface area contributed by atoms with Crippen molar-refractivity contribution in [2.75, 3.05) is 151 Å². The highest BCUT2D eigenvalue weighted by atomic mass is 32.2. The molecular formula is C63H74N18O14S4. The number of carbonyl (C=O) groups is 4. The van der Waals surface area contributed by atoms with Gasteiger partial charge >= 0.3 is 0 Å². The summed E-state index contributed by atoms with van der Waals surface area (Å²) in [5, 5.41) is 50.9. The van der Waals surface area contributed by atoms with Gasteiger partial charge in [0, 0.05) is 76.8 Å². The van der Waals surface area contributed by atoms with Crippen LogP contribution in [0.5, 0.6) is 0 Å². The number of hydrogen-bond acceptors (Lipinski definition) is 30. The van der Waals surface area contributed by atoms with E-state index in [0.717, 1.165) is 46.2 Å². The number of ketones is 2. The largest absolute Gasteiger partial charge is 0.395 e. The van der Waals surface area contributed by atoms with Gasteiger partial charge in [0.05, 0.1) is 83.3 Å². The van der Waals surface area contributed by atoms with Crippen LogP contribution in [0, 0.1) is 0 Å². The highest BCUT2D eigenvalue weighted by Gasteiger charge is 2.28. The van der Waals surface area contributed by atoms with Gasteiger partial charge in [-0.05, 0) is 114 Å². The molecule has 0 spiro atoms. The Kier molecular flexibility index (Phi) is 25.1. The topological polar surface area (TPSA) is 414 Å². The SMILES string of the molecule is CCN(CC)c1ccc(N=Nc2nc(N3CCOCC3)c(/C=C(/C(C)=O)C(=O)Nc3ccccc3S(=O)(=O)O)s2)c(Nc2nc(Nc3cc(N(CC)CC)ccc3N=Nc3nc(N4CCOCC4)c(/C=C(\C(C)=O)C(=O)Nc4ccccc4S(=O)(=O)O)s3)nc(N(CCO)CCO)n2)c1. The minimum atomic E-state index is -4.76. The van der Waals surface area contributed by atoms with Crippen LogP contribution in [0.25, 0.3) is 12.2 Å². The quantitative estimate of drug-likeness (QED) is 0.00660. The van der Waals surface area contributed by atoms with E-state index >= 15 is 0 Å². The van der Waals surface area contributed by atoms with Crippen LogP contribution in [-0.4, -0.2) is 190 Å². The number of nitrogens with zero attached hydrogens (tertiary/aromatic N) is 14. The predicted molar refractivity (Wildman–Crippen MR) is 379 cm³/mol. The van der Waals surface area contributed by atoms with E-state index < -0.39 is 53.4 Å². The zero-order chi connectivity index (χ0) is 71.0. The van der Waals surface area contributed by atoms with Crippen LogP contribution in [0.1, 0.15) is 51.3 Å². The van der Waals surface area contributed by atoms with E-state index in [9.17, 15) is 55.3 Å². The number of hydrogen-bond donors (Lipinski definition) is 8. The zero-order valence-electron chi connectivity index (χ0n) is 54.8. The normalized spacial score (nSPS) is 14.0. The second kappa shape index (κ2) is 33.8. The maximum atomic E-state index is 13.8. The van der Waals surface area contributed by atoms with Crippen LogP contribution in [0.4, 0.5) is 85.2 Å². The van der Waals surface area contributed by atoms with Crippen molar-refractivity contribution in [1.29, 1.82) is 0 Å². The molecule has 4 aromatic carbocycles. The molecule has 99 heavy (non-hydrogen) atoms. The van der Waals surface area contributed by atoms with E-state index in [2.05, 4.69) is 41.3 Å². The average molecular weight is 1440 g/mol. The zero-order valence-corrected chi connectivity index (χ0v) is 58.1. The number of morpholine rings is 2. The highest BCUT2D eigenvalue weighted by molar-refractivity contribution is 7.86. The number of azo groups is 2. The Hall–Kier alpha value is -9.63. The van der Waals surface area contributed by atoms with Crippen LogP contribution in [-0.2, 0) is 48.9 Å². The molecule has 0 bridgehead atoms. The third kappa shape index (κ3) is 19.0. The predicted octanol–water partition coefficient (Wildman–Crippen LogP) is 8.97. The molecular weight excluding hydrogens is 1360 g/mol. The molecule has 3 aromatic heterocycles. The summed E-state index contributed by atoms with van der Waals surface area (Å²) < 4.78 is 79.8. The number of carbonyl (C=O) groups excluding carboxylic acids is 4. The van der Waals surface area contributed by atoms with Crippen LogP contribution in [0.2, 0.25) is 0 Å². The van der Waals surface area contributed by atoms with Gasteiger partial charge in [-0.25, -0.2) is 0 Å². The molecule has 2 aliphatic rings. The molecule has 0 aliphatic carbocycles. The summed E-state index contributed by atoms with van der Waals surface area (Å²) in [6.45, 7) is 15.3. The fourth-order valence-corrected chi connectivity index (χ4v) is 13.4. The number of para-hydroxylation sites is 2. The van der Waals surface area contributed by atoms with Crippen LogP contribution in [0.3, 0.4) is 0 Å². The minimum absolute atomic E-state index is 0.00724. The Morgan fingerprint density at radius 2 is 0.919 bits per heavy atom. The van der Waals surface area contributed by atoms with Gasteiger partial charge in [-0.2, -0.15) is 41.8 Å². The third-order valence-corrected chi connectivity index (χ3v) is 18.9. The Bertz CT molecular complexity index is 4180. The second-order valence-corrected chi connectivity index (χ2v) is 26.6. The van der Waals surface area contributed by atoms with Gasteiger partial charge in [0.25, 0.3) is 32.1 Å². The summed E-state index contributed by atoms with van der Waals surface area (Å²) >= 11 is 2.05. The summed E-state index contributed by atoms with van der Waals surface area (Å²) in [6, 6.07) is 21.3. The summed E-state index contributed by atoms with van der Waals surface area (Å²) in [6.07, 6.45) is 2.68. The highest BCUT2D eigenvalue weighted by Crippen LogP contribution is 2.41. The Morgan fingerprint density at radius 1 is 0.535 bits per heavy atom. The first-order chi connectivity index (χ1) is 47.5. The molecule has 36 heteroatoms. The van der Waals surface area contributed by atoms with Crippen molar-refractivity contribution >= 4 is 164 Å². The molecule has 2 aliphatic heterocycles. The number of aliphatic hydroxyl groups excluding tert-OH is 2. The number of aliphatic hydroxyl groups is 2. The number of Topliss-reactive ketones (excluding diaryl/α,β-unsaturated/α-hetero) is 2. The molecule has 8 N–H and O–H groups in total. The molecule has 32 nitrogen and oxygen atoms in total. The van der Waals surface area contributed by atoms with Crippen LogP contribution >= 0.6 is 22.7 Å². The Morgan fingerprint density at radius 3 is 1.27 bits per heavy atom. The molecule has 524 valence electrons. The maximum absolute atomic E-state index is 13.8. The molecule has 9 rings (SSSR count). The lowest BCUT2D eigenvalue weighted by Crippen LogP contribution is -2.36. The van der Waals surface area contributed by atoms with E-state index in [1.165, 1.54) is 62.4 Å². The second-order valence-electron chi connectivity index (χ2n) is 21.8. The van der Waals surface area contributed by atoms with Gasteiger partial charge in [0.2, 0.25) is 28.1 Å². The summed E-state index contributed by atoms with van der Waals surface area (Å²) in [5.74, 6) is -2.46. The molecule has 0 saturated carbocycles. The molecule has 2 fully saturated rings. The number of amides is 2. The molecule has 0 radical (unpaired) electrons. The number of anilines is 11. The van der Waals surface area contributed by atoms with Crippen LogP contribution in [0.15, 0.2) is 126 Å². The monoisotopic (exact) mass is 1430 g/mol. The van der Waals surface area contributed by atoms with Gasteiger partial charge in [0.1, 0.15) is 32.8 Å². The van der Waals surface area contributed by atoms with Crippen molar-refractivity contribution in [1.82, 2.24) is 24.9 Å². The Balaban J connectivity index is 1.10. The summed E-state index contributed by atoms with van der Waals surface area (Å²) in [4.78, 5) is 87.4. The number of aromatic nitrogens is 5. The van der Waals surface area contributed by atoms with Crippen molar-refractivity contribution in [2.45, 2.75) is 51.3 Å².